The number of hydrogen-bond donors (Lipinski definition) is 1. The molecule has 0 aliphatic carbocycles. The van der Waals surface area contributed by atoms with Crippen LogP contribution >= 0.6 is 15.9 Å². The molecule has 0 amide bonds. The van der Waals surface area contributed by atoms with E-state index in [0.29, 0.717) is 18.8 Å². The number of carbonyl (C=O) groups is 1. The van der Waals surface area contributed by atoms with Crippen LogP contribution in [0.2, 0.25) is 0 Å². The molecule has 0 aromatic heterocycles. The van der Waals surface area contributed by atoms with Crippen molar-refractivity contribution in [3.05, 3.63) is 28.2 Å². The Morgan fingerprint density at radius 3 is 3.07 bits per heavy atom. The van der Waals surface area contributed by atoms with Crippen molar-refractivity contribution in [2.24, 2.45) is 0 Å². The van der Waals surface area contributed by atoms with Crippen molar-refractivity contribution in [3.8, 4) is 5.75 Å². The molecule has 0 fully saturated rings. The summed E-state index contributed by atoms with van der Waals surface area (Å²) in [5.41, 5.74) is 0.762. The van der Waals surface area contributed by atoms with Crippen LogP contribution in [0.3, 0.4) is 0 Å². The van der Waals surface area contributed by atoms with E-state index in [4.69, 9.17) is 9.84 Å². The maximum Gasteiger partial charge on any atom is 0.311 e. The minimum absolute atomic E-state index is 0.434. The van der Waals surface area contributed by atoms with Gasteiger partial charge in [-0.05, 0) is 24.6 Å². The van der Waals surface area contributed by atoms with Gasteiger partial charge < -0.3 is 9.84 Å². The predicted octanol–water partition coefficient (Wildman–Crippen LogP) is 2.40. The molecule has 74 valence electrons. The van der Waals surface area contributed by atoms with Gasteiger partial charge in [0.05, 0.1) is 12.5 Å². The topological polar surface area (TPSA) is 46.5 Å². The molecule has 3 nitrogen and oxygen atoms in total. The highest BCUT2D eigenvalue weighted by atomic mass is 79.9. The Kier molecular flexibility index (Phi) is 2.46. The molecule has 2 rings (SSSR count). The quantitative estimate of drug-likeness (QED) is 0.840. The van der Waals surface area contributed by atoms with Crippen molar-refractivity contribution in [2.75, 3.05) is 6.61 Å². The Bertz CT molecular complexity index is 376. The molecule has 1 atom stereocenters. The van der Waals surface area contributed by atoms with Gasteiger partial charge in [0.25, 0.3) is 0 Å². The SMILES string of the molecule is O=C(O)C1CCOc2ccc(Br)cc21. The first-order chi connectivity index (χ1) is 6.68. The molecule has 1 aromatic rings. The minimum Gasteiger partial charge on any atom is -0.493 e. The van der Waals surface area contributed by atoms with E-state index >= 15 is 0 Å². The van der Waals surface area contributed by atoms with Crippen LogP contribution in [-0.2, 0) is 4.79 Å². The van der Waals surface area contributed by atoms with Gasteiger partial charge in [-0.3, -0.25) is 4.79 Å². The Balaban J connectivity index is 2.46. The summed E-state index contributed by atoms with van der Waals surface area (Å²) >= 11 is 3.32. The van der Waals surface area contributed by atoms with E-state index < -0.39 is 11.9 Å². The minimum atomic E-state index is -0.785. The second-order valence-corrected chi connectivity index (χ2v) is 4.13. The lowest BCUT2D eigenvalue weighted by molar-refractivity contribution is -0.139. The molecule has 1 heterocycles. The molecule has 1 N–H and O–H groups in total. The van der Waals surface area contributed by atoms with Gasteiger partial charge in [-0.15, -0.1) is 0 Å². The summed E-state index contributed by atoms with van der Waals surface area (Å²) in [5.74, 6) is -0.532. The fourth-order valence-corrected chi connectivity index (χ4v) is 2.00. The number of aliphatic carboxylic acids is 1. The fraction of sp³-hybridized carbons (Fsp3) is 0.300. The Morgan fingerprint density at radius 1 is 1.57 bits per heavy atom. The van der Waals surface area contributed by atoms with Gasteiger partial charge in [-0.2, -0.15) is 0 Å². The zero-order valence-electron chi connectivity index (χ0n) is 7.37. The molecule has 14 heavy (non-hydrogen) atoms. The van der Waals surface area contributed by atoms with Crippen LogP contribution in [0.15, 0.2) is 22.7 Å². The van der Waals surface area contributed by atoms with Crippen LogP contribution in [0.25, 0.3) is 0 Å². The van der Waals surface area contributed by atoms with E-state index in [-0.39, 0.29) is 0 Å². The van der Waals surface area contributed by atoms with E-state index in [1.54, 1.807) is 6.07 Å². The normalized spacial score (nSPS) is 19.6. The van der Waals surface area contributed by atoms with Gasteiger partial charge in [0.2, 0.25) is 0 Å². The summed E-state index contributed by atoms with van der Waals surface area (Å²) in [6.07, 6.45) is 0.540. The smallest absolute Gasteiger partial charge is 0.311 e. The van der Waals surface area contributed by atoms with Crippen LogP contribution in [0.5, 0.6) is 5.75 Å². The van der Waals surface area contributed by atoms with Gasteiger partial charge in [0.15, 0.2) is 0 Å². The van der Waals surface area contributed by atoms with Crippen LogP contribution in [0.1, 0.15) is 17.9 Å². The highest BCUT2D eigenvalue weighted by Crippen LogP contribution is 2.35. The average molecular weight is 257 g/mol. The molecular weight excluding hydrogens is 248 g/mol. The van der Waals surface area contributed by atoms with Gasteiger partial charge in [-0.25, -0.2) is 0 Å². The maximum absolute atomic E-state index is 11.0. The fourth-order valence-electron chi connectivity index (χ4n) is 1.62. The van der Waals surface area contributed by atoms with Crippen molar-refractivity contribution in [2.45, 2.75) is 12.3 Å². The van der Waals surface area contributed by atoms with Crippen LogP contribution in [-0.4, -0.2) is 17.7 Å². The second-order valence-electron chi connectivity index (χ2n) is 3.21. The number of carboxylic acid groups (broad SMARTS) is 1. The van der Waals surface area contributed by atoms with Crippen molar-refractivity contribution < 1.29 is 14.6 Å². The number of halogens is 1. The zero-order chi connectivity index (χ0) is 10.1. The summed E-state index contributed by atoms with van der Waals surface area (Å²) in [5, 5.41) is 9.01. The number of ether oxygens (including phenoxy) is 1. The van der Waals surface area contributed by atoms with E-state index in [0.717, 1.165) is 10.0 Å². The monoisotopic (exact) mass is 256 g/mol. The number of carboxylic acids is 1. The third kappa shape index (κ3) is 1.62. The molecule has 1 aliphatic rings. The van der Waals surface area contributed by atoms with E-state index in [1.165, 1.54) is 0 Å². The summed E-state index contributed by atoms with van der Waals surface area (Å²) in [6, 6.07) is 5.46. The van der Waals surface area contributed by atoms with Crippen LogP contribution < -0.4 is 4.74 Å². The molecule has 0 saturated heterocycles. The number of rotatable bonds is 1. The van der Waals surface area contributed by atoms with Gasteiger partial charge >= 0.3 is 5.97 Å². The molecule has 0 bridgehead atoms. The number of benzene rings is 1. The summed E-state index contributed by atoms with van der Waals surface area (Å²) in [4.78, 5) is 11.0. The van der Waals surface area contributed by atoms with Gasteiger partial charge in [-0.1, -0.05) is 15.9 Å². The highest BCUT2D eigenvalue weighted by Gasteiger charge is 2.27. The number of fused-ring (bicyclic) bond motifs is 1. The number of hydrogen-bond acceptors (Lipinski definition) is 2. The lowest BCUT2D eigenvalue weighted by Crippen LogP contribution is -2.20. The molecule has 0 radical (unpaired) electrons. The first-order valence-electron chi connectivity index (χ1n) is 4.33. The van der Waals surface area contributed by atoms with Crippen molar-refractivity contribution in [3.63, 3.8) is 0 Å². The lowest BCUT2D eigenvalue weighted by atomic mass is 9.93. The van der Waals surface area contributed by atoms with Gasteiger partial charge in [0, 0.05) is 10.0 Å². The van der Waals surface area contributed by atoms with E-state index in [1.807, 2.05) is 12.1 Å². The molecule has 1 aliphatic heterocycles. The largest absolute Gasteiger partial charge is 0.493 e. The molecule has 1 unspecified atom stereocenters. The third-order valence-electron chi connectivity index (χ3n) is 2.31. The maximum atomic E-state index is 11.0. The average Bonchev–Trinajstić information content (AvgIpc) is 2.16. The Labute approximate surface area is 89.8 Å². The van der Waals surface area contributed by atoms with E-state index in [9.17, 15) is 4.79 Å². The van der Waals surface area contributed by atoms with Crippen LogP contribution in [0, 0.1) is 0 Å². The molecule has 4 heteroatoms. The van der Waals surface area contributed by atoms with E-state index in [2.05, 4.69) is 15.9 Å². The first-order valence-corrected chi connectivity index (χ1v) is 5.13. The molecular formula is C10H9BrO3. The van der Waals surface area contributed by atoms with Crippen molar-refractivity contribution in [1.82, 2.24) is 0 Å². The van der Waals surface area contributed by atoms with Crippen molar-refractivity contribution in [1.29, 1.82) is 0 Å². The molecule has 0 spiro atoms. The highest BCUT2D eigenvalue weighted by molar-refractivity contribution is 9.10. The Hall–Kier alpha value is -1.03. The summed E-state index contributed by atoms with van der Waals surface area (Å²) < 4.78 is 6.26. The molecule has 1 aromatic carbocycles. The van der Waals surface area contributed by atoms with Crippen molar-refractivity contribution >= 4 is 21.9 Å². The van der Waals surface area contributed by atoms with Gasteiger partial charge in [0.1, 0.15) is 5.75 Å². The Morgan fingerprint density at radius 2 is 2.36 bits per heavy atom. The third-order valence-corrected chi connectivity index (χ3v) is 2.80. The zero-order valence-corrected chi connectivity index (χ0v) is 8.95. The summed E-state index contributed by atoms with van der Waals surface area (Å²) in [7, 11) is 0. The predicted molar refractivity (Wildman–Crippen MR) is 54.6 cm³/mol. The lowest BCUT2D eigenvalue weighted by Gasteiger charge is -2.22. The second kappa shape index (κ2) is 3.61. The molecule has 0 saturated carbocycles. The van der Waals surface area contributed by atoms with Crippen LogP contribution in [0.4, 0.5) is 0 Å². The first kappa shape index (κ1) is 9.52. The summed E-state index contributed by atoms with van der Waals surface area (Å²) in [6.45, 7) is 0.478. The standard InChI is InChI=1S/C10H9BrO3/c11-6-1-2-9-8(5-6)7(10(12)13)3-4-14-9/h1-2,5,7H,3-4H2,(H,12,13).